The molecule has 0 amide bonds. The summed E-state index contributed by atoms with van der Waals surface area (Å²) in [6.45, 7) is 1.47. The third-order valence-corrected chi connectivity index (χ3v) is 3.19. The van der Waals surface area contributed by atoms with Gasteiger partial charge in [-0.1, -0.05) is 30.3 Å². The van der Waals surface area contributed by atoms with Gasteiger partial charge in [0.15, 0.2) is 0 Å². The van der Waals surface area contributed by atoms with Crippen molar-refractivity contribution < 1.29 is 18.7 Å². The van der Waals surface area contributed by atoms with Gasteiger partial charge in [0.25, 0.3) is 0 Å². The Morgan fingerprint density at radius 2 is 1.71 bits per heavy atom. The molecule has 0 aliphatic rings. The molecule has 1 atom stereocenters. The van der Waals surface area contributed by atoms with Crippen molar-refractivity contribution in [3.63, 3.8) is 0 Å². The Balaban J connectivity index is 2.51. The molecule has 0 fully saturated rings. The van der Waals surface area contributed by atoms with Gasteiger partial charge in [-0.2, -0.15) is 0 Å². The molecule has 0 saturated carbocycles. The van der Waals surface area contributed by atoms with E-state index in [-0.39, 0.29) is 11.4 Å². The number of halogens is 2. The van der Waals surface area contributed by atoms with E-state index >= 15 is 0 Å². The fourth-order valence-electron chi connectivity index (χ4n) is 2.08. The molecule has 0 radical (unpaired) electrons. The molecule has 0 aliphatic heterocycles. The SMILES string of the molecule is C/C(=C\C(c1ccc(F)cc1)c1cccc(F)c1)C(=O)O. The summed E-state index contributed by atoms with van der Waals surface area (Å²) in [6, 6.07) is 11.7. The smallest absolute Gasteiger partial charge is 0.330 e. The van der Waals surface area contributed by atoms with Crippen molar-refractivity contribution in [1.82, 2.24) is 0 Å². The Bertz CT molecular complexity index is 675. The van der Waals surface area contributed by atoms with E-state index in [9.17, 15) is 13.6 Å². The van der Waals surface area contributed by atoms with Crippen LogP contribution < -0.4 is 0 Å². The van der Waals surface area contributed by atoms with Crippen molar-refractivity contribution in [3.8, 4) is 0 Å². The zero-order valence-electron chi connectivity index (χ0n) is 11.4. The first-order valence-electron chi connectivity index (χ1n) is 6.40. The molecule has 4 heteroatoms. The molecule has 0 spiro atoms. The largest absolute Gasteiger partial charge is 0.478 e. The van der Waals surface area contributed by atoms with Crippen molar-refractivity contribution in [2.24, 2.45) is 0 Å². The van der Waals surface area contributed by atoms with E-state index in [0.717, 1.165) is 0 Å². The third-order valence-electron chi connectivity index (χ3n) is 3.19. The lowest BCUT2D eigenvalue weighted by Gasteiger charge is -2.15. The van der Waals surface area contributed by atoms with Crippen molar-refractivity contribution in [2.75, 3.05) is 0 Å². The number of aliphatic carboxylic acids is 1. The zero-order valence-corrected chi connectivity index (χ0v) is 11.4. The molecule has 2 aromatic rings. The minimum Gasteiger partial charge on any atom is -0.478 e. The highest BCUT2D eigenvalue weighted by molar-refractivity contribution is 5.86. The molecule has 21 heavy (non-hydrogen) atoms. The summed E-state index contributed by atoms with van der Waals surface area (Å²) in [4.78, 5) is 11.0. The average molecular weight is 288 g/mol. The number of carboxylic acids is 1. The standard InChI is InChI=1S/C17H14F2O2/c1-11(17(20)21)9-16(12-5-7-14(18)8-6-12)13-3-2-4-15(19)10-13/h2-10,16H,1H3,(H,20,21)/b11-9+. The van der Waals surface area contributed by atoms with Crippen LogP contribution >= 0.6 is 0 Å². The van der Waals surface area contributed by atoms with Crippen molar-refractivity contribution in [3.05, 3.63) is 82.9 Å². The summed E-state index contributed by atoms with van der Waals surface area (Å²) in [6.07, 6.45) is 1.53. The average Bonchev–Trinajstić information content (AvgIpc) is 2.45. The van der Waals surface area contributed by atoms with Crippen LogP contribution in [0, 0.1) is 11.6 Å². The highest BCUT2D eigenvalue weighted by atomic mass is 19.1. The molecule has 0 saturated heterocycles. The summed E-state index contributed by atoms with van der Waals surface area (Å²) in [5.74, 6) is -2.27. The lowest BCUT2D eigenvalue weighted by atomic mass is 9.89. The number of benzene rings is 2. The lowest BCUT2D eigenvalue weighted by molar-refractivity contribution is -0.132. The second-order valence-corrected chi connectivity index (χ2v) is 4.74. The van der Waals surface area contributed by atoms with Crippen LogP contribution in [0.25, 0.3) is 0 Å². The Kier molecular flexibility index (Phi) is 4.48. The molecule has 0 bridgehead atoms. The van der Waals surface area contributed by atoms with E-state index in [0.29, 0.717) is 11.1 Å². The number of hydrogen-bond donors (Lipinski definition) is 1. The van der Waals surface area contributed by atoms with Crippen LogP contribution in [-0.4, -0.2) is 11.1 Å². The van der Waals surface area contributed by atoms with Crippen LogP contribution in [-0.2, 0) is 4.79 Å². The molecule has 108 valence electrons. The summed E-state index contributed by atoms with van der Waals surface area (Å²) >= 11 is 0. The van der Waals surface area contributed by atoms with Crippen molar-refractivity contribution >= 4 is 5.97 Å². The van der Waals surface area contributed by atoms with E-state index in [1.807, 2.05) is 0 Å². The summed E-state index contributed by atoms with van der Waals surface area (Å²) in [7, 11) is 0. The molecular weight excluding hydrogens is 274 g/mol. The van der Waals surface area contributed by atoms with Gasteiger partial charge in [0, 0.05) is 11.5 Å². The zero-order chi connectivity index (χ0) is 15.4. The van der Waals surface area contributed by atoms with Crippen LogP contribution in [0.2, 0.25) is 0 Å². The van der Waals surface area contributed by atoms with Crippen LogP contribution in [0.1, 0.15) is 24.0 Å². The van der Waals surface area contributed by atoms with E-state index in [1.165, 1.54) is 37.3 Å². The second kappa shape index (κ2) is 6.31. The molecular formula is C17H14F2O2. The minimum atomic E-state index is -1.04. The van der Waals surface area contributed by atoms with E-state index in [2.05, 4.69) is 0 Å². The lowest BCUT2D eigenvalue weighted by Crippen LogP contribution is -2.03. The van der Waals surface area contributed by atoms with Gasteiger partial charge in [-0.3, -0.25) is 0 Å². The van der Waals surface area contributed by atoms with Crippen LogP contribution in [0.15, 0.2) is 60.2 Å². The Labute approximate surface area is 121 Å². The van der Waals surface area contributed by atoms with Gasteiger partial charge in [0.2, 0.25) is 0 Å². The maximum absolute atomic E-state index is 13.4. The minimum absolute atomic E-state index is 0.147. The number of carbonyl (C=O) groups is 1. The molecule has 1 N–H and O–H groups in total. The Morgan fingerprint density at radius 3 is 2.29 bits per heavy atom. The van der Waals surface area contributed by atoms with Gasteiger partial charge in [-0.05, 0) is 42.3 Å². The summed E-state index contributed by atoms with van der Waals surface area (Å²) < 4.78 is 26.4. The molecule has 2 nitrogen and oxygen atoms in total. The van der Waals surface area contributed by atoms with Gasteiger partial charge in [-0.15, -0.1) is 0 Å². The number of rotatable bonds is 4. The van der Waals surface area contributed by atoms with Gasteiger partial charge in [0.1, 0.15) is 11.6 Å². The van der Waals surface area contributed by atoms with E-state index in [1.54, 1.807) is 24.3 Å². The van der Waals surface area contributed by atoms with E-state index < -0.39 is 17.7 Å². The molecule has 1 unspecified atom stereocenters. The first kappa shape index (κ1) is 14.9. The van der Waals surface area contributed by atoms with Crippen molar-refractivity contribution in [1.29, 1.82) is 0 Å². The third kappa shape index (κ3) is 3.75. The fraction of sp³-hybridized carbons (Fsp3) is 0.118. The number of carboxylic acid groups (broad SMARTS) is 1. The monoisotopic (exact) mass is 288 g/mol. The molecule has 0 aliphatic carbocycles. The highest BCUT2D eigenvalue weighted by Crippen LogP contribution is 2.28. The van der Waals surface area contributed by atoms with Crippen molar-refractivity contribution in [2.45, 2.75) is 12.8 Å². The topological polar surface area (TPSA) is 37.3 Å². The van der Waals surface area contributed by atoms with Gasteiger partial charge >= 0.3 is 5.97 Å². The van der Waals surface area contributed by atoms with E-state index in [4.69, 9.17) is 5.11 Å². The number of hydrogen-bond acceptors (Lipinski definition) is 1. The maximum atomic E-state index is 13.4. The first-order valence-corrected chi connectivity index (χ1v) is 6.40. The molecule has 2 aromatic carbocycles. The normalized spacial score (nSPS) is 13.0. The maximum Gasteiger partial charge on any atom is 0.330 e. The second-order valence-electron chi connectivity index (χ2n) is 4.74. The van der Waals surface area contributed by atoms with Crippen LogP contribution in [0.4, 0.5) is 8.78 Å². The van der Waals surface area contributed by atoms with Gasteiger partial charge in [-0.25, -0.2) is 13.6 Å². The van der Waals surface area contributed by atoms with Crippen LogP contribution in [0.3, 0.4) is 0 Å². The Morgan fingerprint density at radius 1 is 1.05 bits per heavy atom. The molecule has 0 heterocycles. The number of allylic oxidation sites excluding steroid dienone is 1. The predicted octanol–water partition coefficient (Wildman–Crippen LogP) is 4.13. The highest BCUT2D eigenvalue weighted by Gasteiger charge is 2.14. The Hall–Kier alpha value is -2.49. The summed E-state index contributed by atoms with van der Waals surface area (Å²) in [5, 5.41) is 9.02. The van der Waals surface area contributed by atoms with Gasteiger partial charge < -0.3 is 5.11 Å². The quantitative estimate of drug-likeness (QED) is 0.859. The van der Waals surface area contributed by atoms with Gasteiger partial charge in [0.05, 0.1) is 0 Å². The first-order chi connectivity index (χ1) is 9.97. The van der Waals surface area contributed by atoms with Crippen LogP contribution in [0.5, 0.6) is 0 Å². The molecule has 0 aromatic heterocycles. The summed E-state index contributed by atoms with van der Waals surface area (Å²) in [5.41, 5.74) is 1.46. The molecule has 2 rings (SSSR count). The fourth-order valence-corrected chi connectivity index (χ4v) is 2.08. The predicted molar refractivity (Wildman–Crippen MR) is 76.0 cm³/mol.